The van der Waals surface area contributed by atoms with Crippen LogP contribution in [0.15, 0.2) is 18.3 Å². The normalized spacial score (nSPS) is 24.8. The van der Waals surface area contributed by atoms with Gasteiger partial charge in [0, 0.05) is 24.5 Å². The summed E-state index contributed by atoms with van der Waals surface area (Å²) >= 11 is 1.77. The molecule has 7 nitrogen and oxygen atoms in total. The van der Waals surface area contributed by atoms with E-state index in [1.165, 1.54) is 0 Å². The van der Waals surface area contributed by atoms with Crippen LogP contribution in [0.25, 0.3) is 0 Å². The van der Waals surface area contributed by atoms with Gasteiger partial charge in [-0.3, -0.25) is 9.59 Å². The number of nitrogens with one attached hydrogen (secondary N) is 1. The fraction of sp³-hybridized carbons (Fsp3) is 0.588. The van der Waals surface area contributed by atoms with Crippen LogP contribution in [-0.4, -0.2) is 52.0 Å². The first kappa shape index (κ1) is 18.0. The molecule has 1 aromatic heterocycles. The summed E-state index contributed by atoms with van der Waals surface area (Å²) in [5.41, 5.74) is 12.4. The van der Waals surface area contributed by atoms with Crippen molar-refractivity contribution in [1.82, 2.24) is 15.2 Å². The minimum Gasteiger partial charge on any atom is -0.383 e. The van der Waals surface area contributed by atoms with Crippen molar-refractivity contribution in [2.24, 2.45) is 11.7 Å². The number of aromatic nitrogens is 1. The Morgan fingerprint density at radius 2 is 2.08 bits per heavy atom. The lowest BCUT2D eigenvalue weighted by molar-refractivity contribution is -0.132. The van der Waals surface area contributed by atoms with Crippen LogP contribution in [0.2, 0.25) is 0 Å². The van der Waals surface area contributed by atoms with E-state index in [9.17, 15) is 9.59 Å². The third kappa shape index (κ3) is 4.24. The number of nitrogens with two attached hydrogens (primary N) is 2. The van der Waals surface area contributed by atoms with Gasteiger partial charge in [-0.15, -0.1) is 11.8 Å². The second-order valence-corrected chi connectivity index (χ2v) is 7.76. The zero-order chi connectivity index (χ0) is 17.8. The summed E-state index contributed by atoms with van der Waals surface area (Å²) in [5.74, 6) is 2.06. The van der Waals surface area contributed by atoms with Gasteiger partial charge >= 0.3 is 0 Å². The Bertz CT molecular complexity index is 627. The number of hydrogen-bond acceptors (Lipinski definition) is 6. The molecule has 5 N–H and O–H groups in total. The Balaban J connectivity index is 1.49. The van der Waals surface area contributed by atoms with E-state index in [0.29, 0.717) is 5.56 Å². The molecule has 8 heteroatoms. The van der Waals surface area contributed by atoms with E-state index in [-0.39, 0.29) is 29.6 Å². The largest absolute Gasteiger partial charge is 0.383 e. The summed E-state index contributed by atoms with van der Waals surface area (Å²) in [6.07, 6.45) is 4.91. The minimum absolute atomic E-state index is 0.0700. The summed E-state index contributed by atoms with van der Waals surface area (Å²) in [6.45, 7) is 0.801. The van der Waals surface area contributed by atoms with Crippen LogP contribution in [-0.2, 0) is 4.79 Å². The predicted molar refractivity (Wildman–Crippen MR) is 98.9 cm³/mol. The van der Waals surface area contributed by atoms with Gasteiger partial charge in [0.25, 0.3) is 5.91 Å². The topological polar surface area (TPSA) is 114 Å². The number of nitrogens with zero attached hydrogens (tertiary/aromatic N) is 2. The van der Waals surface area contributed by atoms with Crippen LogP contribution in [0.3, 0.4) is 0 Å². The highest BCUT2D eigenvalue weighted by molar-refractivity contribution is 7.99. The Morgan fingerprint density at radius 1 is 1.32 bits per heavy atom. The number of nitrogen functional groups attached to an aromatic ring is 1. The summed E-state index contributed by atoms with van der Waals surface area (Å²) in [4.78, 5) is 30.5. The van der Waals surface area contributed by atoms with Crippen LogP contribution >= 0.6 is 11.8 Å². The SMILES string of the molecule is Nc1ncccc1C(=O)N[C@H]1CC[C@H](C(N)C(=O)N2CCSC2)CC1. The molecule has 0 spiro atoms. The lowest BCUT2D eigenvalue weighted by atomic mass is 9.81. The molecule has 136 valence electrons. The number of pyridine rings is 1. The van der Waals surface area contributed by atoms with Gasteiger partial charge in [-0.2, -0.15) is 0 Å². The second-order valence-electron chi connectivity index (χ2n) is 6.69. The molecule has 1 aromatic rings. The number of carbonyl (C=O) groups excluding carboxylic acids is 2. The molecule has 0 radical (unpaired) electrons. The van der Waals surface area contributed by atoms with Gasteiger partial charge < -0.3 is 21.7 Å². The molecule has 2 amide bonds. The fourth-order valence-corrected chi connectivity index (χ4v) is 4.45. The molecule has 1 aliphatic heterocycles. The van der Waals surface area contributed by atoms with Crippen molar-refractivity contribution < 1.29 is 9.59 Å². The monoisotopic (exact) mass is 363 g/mol. The molecule has 2 fully saturated rings. The maximum absolute atomic E-state index is 12.4. The third-order valence-corrected chi connectivity index (χ3v) is 6.01. The maximum atomic E-state index is 12.4. The first-order chi connectivity index (χ1) is 12.1. The molecule has 25 heavy (non-hydrogen) atoms. The quantitative estimate of drug-likeness (QED) is 0.729. The van der Waals surface area contributed by atoms with Crippen molar-refractivity contribution in [3.63, 3.8) is 0 Å². The van der Waals surface area contributed by atoms with Gasteiger partial charge in [0.2, 0.25) is 5.91 Å². The van der Waals surface area contributed by atoms with Crippen LogP contribution in [0, 0.1) is 5.92 Å². The van der Waals surface area contributed by atoms with Crippen LogP contribution in [0.4, 0.5) is 5.82 Å². The van der Waals surface area contributed by atoms with Crippen molar-refractivity contribution in [2.45, 2.75) is 37.8 Å². The van der Waals surface area contributed by atoms with Crippen molar-refractivity contribution >= 4 is 29.4 Å². The Hall–Kier alpha value is -1.80. The summed E-state index contributed by atoms with van der Waals surface area (Å²) in [5, 5.41) is 3.02. The highest BCUT2D eigenvalue weighted by atomic mass is 32.2. The summed E-state index contributed by atoms with van der Waals surface area (Å²) in [6, 6.07) is 3.03. The highest BCUT2D eigenvalue weighted by Crippen LogP contribution is 2.28. The average Bonchev–Trinajstić information content (AvgIpc) is 3.16. The fourth-order valence-electron chi connectivity index (χ4n) is 3.50. The molecule has 0 aromatic carbocycles. The second kappa shape index (κ2) is 8.05. The number of rotatable bonds is 4. The van der Waals surface area contributed by atoms with Gasteiger partial charge in [0.1, 0.15) is 5.82 Å². The maximum Gasteiger partial charge on any atom is 0.255 e. The number of hydrogen-bond donors (Lipinski definition) is 3. The molecule has 1 saturated heterocycles. The number of thioether (sulfide) groups is 1. The third-order valence-electron chi connectivity index (χ3n) is 5.05. The van der Waals surface area contributed by atoms with E-state index >= 15 is 0 Å². The van der Waals surface area contributed by atoms with Gasteiger partial charge in [-0.1, -0.05) is 0 Å². The summed E-state index contributed by atoms with van der Waals surface area (Å²) in [7, 11) is 0. The molecule has 0 bridgehead atoms. The molecular weight excluding hydrogens is 338 g/mol. The first-order valence-corrected chi connectivity index (χ1v) is 9.85. The smallest absolute Gasteiger partial charge is 0.255 e. The zero-order valence-corrected chi connectivity index (χ0v) is 15.0. The number of carbonyl (C=O) groups is 2. The standard InChI is InChI=1S/C17H25N5O2S/c18-14(17(24)22-8-9-25-10-22)11-3-5-12(6-4-11)21-16(23)13-2-1-7-20-15(13)19/h1-2,7,11-12,14H,3-6,8-10,18H2,(H2,19,20)(H,21,23)/t11-,12-,14?. The Morgan fingerprint density at radius 3 is 2.72 bits per heavy atom. The molecule has 2 aliphatic rings. The van der Waals surface area contributed by atoms with Crippen molar-refractivity contribution in [3.8, 4) is 0 Å². The van der Waals surface area contributed by atoms with E-state index in [1.807, 2.05) is 4.90 Å². The molecular formula is C17H25N5O2S. The van der Waals surface area contributed by atoms with Crippen LogP contribution < -0.4 is 16.8 Å². The zero-order valence-electron chi connectivity index (χ0n) is 14.2. The van der Waals surface area contributed by atoms with E-state index < -0.39 is 6.04 Å². The Kier molecular flexibility index (Phi) is 5.80. The van der Waals surface area contributed by atoms with Crippen molar-refractivity contribution in [1.29, 1.82) is 0 Å². The molecule has 3 rings (SSSR count). The van der Waals surface area contributed by atoms with Gasteiger partial charge in [-0.25, -0.2) is 4.98 Å². The van der Waals surface area contributed by atoms with Gasteiger partial charge in [-0.05, 0) is 43.7 Å². The average molecular weight is 363 g/mol. The number of anilines is 1. The number of amides is 2. The molecule has 1 aliphatic carbocycles. The predicted octanol–water partition coefficient (Wildman–Crippen LogP) is 0.813. The van der Waals surface area contributed by atoms with E-state index in [2.05, 4.69) is 10.3 Å². The molecule has 1 saturated carbocycles. The van der Waals surface area contributed by atoms with Gasteiger partial charge in [0.05, 0.1) is 17.5 Å². The first-order valence-electron chi connectivity index (χ1n) is 8.69. The molecule has 1 atom stereocenters. The van der Waals surface area contributed by atoms with Crippen LogP contribution in [0.5, 0.6) is 0 Å². The highest BCUT2D eigenvalue weighted by Gasteiger charge is 2.33. The van der Waals surface area contributed by atoms with Crippen LogP contribution in [0.1, 0.15) is 36.0 Å². The lowest BCUT2D eigenvalue weighted by Gasteiger charge is -2.33. The van der Waals surface area contributed by atoms with Crippen molar-refractivity contribution in [3.05, 3.63) is 23.9 Å². The van der Waals surface area contributed by atoms with E-state index in [0.717, 1.165) is 43.9 Å². The van der Waals surface area contributed by atoms with Crippen molar-refractivity contribution in [2.75, 3.05) is 23.9 Å². The molecule has 2 heterocycles. The van der Waals surface area contributed by atoms with E-state index in [4.69, 9.17) is 11.5 Å². The van der Waals surface area contributed by atoms with E-state index in [1.54, 1.807) is 30.1 Å². The molecule has 1 unspecified atom stereocenters. The lowest BCUT2D eigenvalue weighted by Crippen LogP contribution is -2.49. The minimum atomic E-state index is -0.427. The Labute approximate surface area is 151 Å². The van der Waals surface area contributed by atoms with Gasteiger partial charge in [0.15, 0.2) is 0 Å². The summed E-state index contributed by atoms with van der Waals surface area (Å²) < 4.78 is 0.